The van der Waals surface area contributed by atoms with Crippen LogP contribution in [-0.4, -0.2) is 48.6 Å². The van der Waals surface area contributed by atoms with Gasteiger partial charge in [-0.3, -0.25) is 9.89 Å². The van der Waals surface area contributed by atoms with Gasteiger partial charge in [0.2, 0.25) is 0 Å². The molecule has 0 aromatic carbocycles. The van der Waals surface area contributed by atoms with Gasteiger partial charge in [0.15, 0.2) is 5.96 Å². The second-order valence-corrected chi connectivity index (χ2v) is 6.34. The van der Waals surface area contributed by atoms with E-state index in [1.807, 2.05) is 0 Å². The van der Waals surface area contributed by atoms with E-state index in [2.05, 4.69) is 62.2 Å². The Balaban J connectivity index is 2.47. The van der Waals surface area contributed by atoms with Crippen molar-refractivity contribution in [2.75, 3.05) is 20.1 Å². The van der Waals surface area contributed by atoms with Gasteiger partial charge in [-0.25, -0.2) is 0 Å². The van der Waals surface area contributed by atoms with Gasteiger partial charge in [0.25, 0.3) is 0 Å². The molecule has 106 valence electrons. The summed E-state index contributed by atoms with van der Waals surface area (Å²) in [7, 11) is 2.21. The van der Waals surface area contributed by atoms with E-state index in [0.717, 1.165) is 25.1 Å². The fourth-order valence-corrected chi connectivity index (χ4v) is 1.86. The first kappa shape index (κ1) is 15.3. The lowest BCUT2D eigenvalue weighted by atomic mass is 10.1. The average molecular weight is 254 g/mol. The van der Waals surface area contributed by atoms with Gasteiger partial charge < -0.3 is 10.6 Å². The van der Waals surface area contributed by atoms with Gasteiger partial charge in [-0.05, 0) is 54.5 Å². The smallest absolute Gasteiger partial charge is 0.191 e. The number of likely N-dealkylation sites (N-methyl/N-ethyl adjacent to an activating group) is 1. The topological polar surface area (TPSA) is 39.7 Å². The summed E-state index contributed by atoms with van der Waals surface area (Å²) >= 11 is 0. The molecule has 2 N–H and O–H groups in total. The van der Waals surface area contributed by atoms with Crippen LogP contribution in [0, 0.1) is 0 Å². The highest BCUT2D eigenvalue weighted by molar-refractivity contribution is 5.80. The molecule has 0 heterocycles. The standard InChI is InChI=1S/C14H30N4/c1-7-15-13(17-14(3,4)5)16-10-11(2)18(6)12-8-9-12/h11-12H,7-10H2,1-6H3,(H2,15,16,17). The Kier molecular flexibility index (Phi) is 5.45. The molecule has 4 heteroatoms. The van der Waals surface area contributed by atoms with Crippen LogP contribution >= 0.6 is 0 Å². The first-order chi connectivity index (χ1) is 8.33. The van der Waals surface area contributed by atoms with Gasteiger partial charge in [0.05, 0.1) is 6.54 Å². The molecule has 4 nitrogen and oxygen atoms in total. The summed E-state index contributed by atoms with van der Waals surface area (Å²) in [6.07, 6.45) is 2.70. The normalized spacial score (nSPS) is 18.9. The molecule has 0 bridgehead atoms. The van der Waals surface area contributed by atoms with Crippen LogP contribution in [0.4, 0.5) is 0 Å². The lowest BCUT2D eigenvalue weighted by Crippen LogP contribution is -2.48. The fourth-order valence-electron chi connectivity index (χ4n) is 1.86. The number of hydrogen-bond donors (Lipinski definition) is 2. The zero-order valence-corrected chi connectivity index (χ0v) is 12.9. The molecule has 1 unspecified atom stereocenters. The van der Waals surface area contributed by atoms with Crippen LogP contribution in [0.25, 0.3) is 0 Å². The van der Waals surface area contributed by atoms with Gasteiger partial charge in [-0.1, -0.05) is 0 Å². The van der Waals surface area contributed by atoms with E-state index in [-0.39, 0.29) is 5.54 Å². The van der Waals surface area contributed by atoms with Crippen LogP contribution in [0.15, 0.2) is 4.99 Å². The van der Waals surface area contributed by atoms with E-state index in [1.54, 1.807) is 0 Å². The van der Waals surface area contributed by atoms with Crippen molar-refractivity contribution in [2.45, 2.75) is 65.1 Å². The summed E-state index contributed by atoms with van der Waals surface area (Å²) in [5.74, 6) is 0.918. The highest BCUT2D eigenvalue weighted by Crippen LogP contribution is 2.26. The third kappa shape index (κ3) is 5.71. The molecule has 1 aliphatic carbocycles. The largest absolute Gasteiger partial charge is 0.357 e. The first-order valence-electron chi connectivity index (χ1n) is 7.12. The Hall–Kier alpha value is -0.770. The quantitative estimate of drug-likeness (QED) is 0.581. The van der Waals surface area contributed by atoms with Crippen LogP contribution in [0.2, 0.25) is 0 Å². The summed E-state index contributed by atoms with van der Waals surface area (Å²) in [5, 5.41) is 6.72. The summed E-state index contributed by atoms with van der Waals surface area (Å²) < 4.78 is 0. The molecular formula is C14H30N4. The molecule has 0 amide bonds. The molecule has 18 heavy (non-hydrogen) atoms. The Morgan fingerprint density at radius 3 is 2.44 bits per heavy atom. The average Bonchev–Trinajstić information content (AvgIpc) is 3.06. The van der Waals surface area contributed by atoms with Crippen molar-refractivity contribution in [1.82, 2.24) is 15.5 Å². The predicted octanol–water partition coefficient (Wildman–Crippen LogP) is 1.82. The molecule has 1 aliphatic rings. The fraction of sp³-hybridized carbons (Fsp3) is 0.929. The molecular weight excluding hydrogens is 224 g/mol. The molecule has 1 atom stereocenters. The Morgan fingerprint density at radius 2 is 2.00 bits per heavy atom. The molecule has 0 aromatic heterocycles. The minimum atomic E-state index is 0.0482. The predicted molar refractivity (Wildman–Crippen MR) is 79.1 cm³/mol. The van der Waals surface area contributed by atoms with Crippen LogP contribution in [-0.2, 0) is 0 Å². The van der Waals surface area contributed by atoms with Crippen LogP contribution < -0.4 is 10.6 Å². The number of nitrogens with zero attached hydrogens (tertiary/aromatic N) is 2. The minimum Gasteiger partial charge on any atom is -0.357 e. The number of guanidine groups is 1. The first-order valence-corrected chi connectivity index (χ1v) is 7.12. The summed E-state index contributed by atoms with van der Waals surface area (Å²) in [6, 6.07) is 1.31. The zero-order valence-electron chi connectivity index (χ0n) is 12.9. The zero-order chi connectivity index (χ0) is 13.8. The van der Waals surface area contributed by atoms with Crippen LogP contribution in [0.5, 0.6) is 0 Å². The van der Waals surface area contributed by atoms with Crippen LogP contribution in [0.3, 0.4) is 0 Å². The van der Waals surface area contributed by atoms with E-state index >= 15 is 0 Å². The molecule has 1 fully saturated rings. The van der Waals surface area contributed by atoms with Crippen molar-refractivity contribution in [3.05, 3.63) is 0 Å². The van der Waals surface area contributed by atoms with Crippen LogP contribution in [0.1, 0.15) is 47.5 Å². The second kappa shape index (κ2) is 6.41. The summed E-state index contributed by atoms with van der Waals surface area (Å²) in [4.78, 5) is 7.13. The maximum absolute atomic E-state index is 4.68. The number of hydrogen-bond acceptors (Lipinski definition) is 2. The number of nitrogens with one attached hydrogen (secondary N) is 2. The maximum Gasteiger partial charge on any atom is 0.191 e. The van der Waals surface area contributed by atoms with Crippen molar-refractivity contribution in [2.24, 2.45) is 4.99 Å². The highest BCUT2D eigenvalue weighted by Gasteiger charge is 2.28. The van der Waals surface area contributed by atoms with Crippen molar-refractivity contribution in [1.29, 1.82) is 0 Å². The van der Waals surface area contributed by atoms with Crippen molar-refractivity contribution >= 4 is 5.96 Å². The van der Waals surface area contributed by atoms with Crippen molar-refractivity contribution in [3.63, 3.8) is 0 Å². The molecule has 0 spiro atoms. The van der Waals surface area contributed by atoms with Gasteiger partial charge in [0, 0.05) is 24.2 Å². The second-order valence-electron chi connectivity index (χ2n) is 6.34. The van der Waals surface area contributed by atoms with Gasteiger partial charge in [0.1, 0.15) is 0 Å². The van der Waals surface area contributed by atoms with Crippen molar-refractivity contribution < 1.29 is 0 Å². The molecule has 1 rings (SSSR count). The monoisotopic (exact) mass is 254 g/mol. The maximum atomic E-state index is 4.68. The number of aliphatic imine (C=N–C) groups is 1. The molecule has 0 radical (unpaired) electrons. The van der Waals surface area contributed by atoms with E-state index in [4.69, 9.17) is 0 Å². The number of rotatable bonds is 5. The Labute approximate surface area is 112 Å². The van der Waals surface area contributed by atoms with Crippen molar-refractivity contribution in [3.8, 4) is 0 Å². The SMILES string of the molecule is CCNC(=NCC(C)N(C)C1CC1)NC(C)(C)C. The highest BCUT2D eigenvalue weighted by atomic mass is 15.2. The Morgan fingerprint density at radius 1 is 1.39 bits per heavy atom. The molecule has 0 saturated heterocycles. The minimum absolute atomic E-state index is 0.0482. The van der Waals surface area contributed by atoms with Gasteiger partial charge >= 0.3 is 0 Å². The summed E-state index contributed by atoms with van der Waals surface area (Å²) in [5.41, 5.74) is 0.0482. The van der Waals surface area contributed by atoms with Gasteiger partial charge in [-0.15, -0.1) is 0 Å². The molecule has 1 saturated carbocycles. The third-order valence-corrected chi connectivity index (χ3v) is 3.17. The third-order valence-electron chi connectivity index (χ3n) is 3.17. The van der Waals surface area contributed by atoms with E-state index in [1.165, 1.54) is 12.8 Å². The lowest BCUT2D eigenvalue weighted by molar-refractivity contribution is 0.253. The molecule has 0 aromatic rings. The molecule has 0 aliphatic heterocycles. The lowest BCUT2D eigenvalue weighted by Gasteiger charge is -2.26. The van der Waals surface area contributed by atoms with E-state index in [9.17, 15) is 0 Å². The van der Waals surface area contributed by atoms with Gasteiger partial charge in [-0.2, -0.15) is 0 Å². The van der Waals surface area contributed by atoms with E-state index < -0.39 is 0 Å². The van der Waals surface area contributed by atoms with E-state index in [0.29, 0.717) is 6.04 Å². The summed E-state index contributed by atoms with van der Waals surface area (Å²) in [6.45, 7) is 12.5. The Bertz CT molecular complexity index is 276.